The molecule has 0 bridgehead atoms. The van der Waals surface area contributed by atoms with Crippen LogP contribution in [0.3, 0.4) is 0 Å². The van der Waals surface area contributed by atoms with Gasteiger partial charge in [0.25, 0.3) is 0 Å². The summed E-state index contributed by atoms with van der Waals surface area (Å²) in [6, 6.07) is 7.07. The Labute approximate surface area is 99.2 Å². The maximum atomic E-state index is 11.0. The van der Waals surface area contributed by atoms with E-state index in [1.807, 2.05) is 23.9 Å². The minimum absolute atomic E-state index is 0.355. The highest BCUT2D eigenvalue weighted by Gasteiger charge is 2.16. The second-order valence-corrected chi connectivity index (χ2v) is 5.11. The number of benzene rings is 1. The Morgan fingerprint density at radius 2 is 2.31 bits per heavy atom. The summed E-state index contributed by atoms with van der Waals surface area (Å²) < 4.78 is 0. The average Bonchev–Trinajstić information content (AvgIpc) is 2.79. The molecule has 0 radical (unpaired) electrons. The lowest BCUT2D eigenvalue weighted by Crippen LogP contribution is -2.15. The zero-order valence-corrected chi connectivity index (χ0v) is 9.80. The molecular formula is C12H15NO2S. The number of thioether (sulfide) groups is 1. The Morgan fingerprint density at radius 3 is 3.00 bits per heavy atom. The first-order valence-electron chi connectivity index (χ1n) is 5.41. The number of carboxylic acid groups (broad SMARTS) is 1. The summed E-state index contributed by atoms with van der Waals surface area (Å²) in [6.45, 7) is 0.872. The van der Waals surface area contributed by atoms with Crippen molar-refractivity contribution in [1.29, 1.82) is 0 Å². The Balaban J connectivity index is 2.00. The van der Waals surface area contributed by atoms with Gasteiger partial charge in [-0.05, 0) is 36.0 Å². The molecule has 1 aliphatic rings. The van der Waals surface area contributed by atoms with Crippen molar-refractivity contribution in [2.45, 2.75) is 6.42 Å². The van der Waals surface area contributed by atoms with E-state index in [-0.39, 0.29) is 0 Å². The molecule has 1 saturated heterocycles. The summed E-state index contributed by atoms with van der Waals surface area (Å²) >= 11 is 1.97. The van der Waals surface area contributed by atoms with E-state index in [4.69, 9.17) is 5.11 Å². The fraction of sp³-hybridized carbons (Fsp3) is 0.417. The molecule has 0 aliphatic carbocycles. The Kier molecular flexibility index (Phi) is 3.72. The van der Waals surface area contributed by atoms with Gasteiger partial charge in [0.05, 0.1) is 5.56 Å². The van der Waals surface area contributed by atoms with Crippen LogP contribution in [0.1, 0.15) is 16.8 Å². The van der Waals surface area contributed by atoms with E-state index < -0.39 is 5.97 Å². The topological polar surface area (TPSA) is 49.3 Å². The molecule has 1 unspecified atom stereocenters. The summed E-state index contributed by atoms with van der Waals surface area (Å²) in [6.07, 6.45) is 1.23. The molecular weight excluding hydrogens is 222 g/mol. The molecule has 86 valence electrons. The summed E-state index contributed by atoms with van der Waals surface area (Å²) in [7, 11) is 0. The number of para-hydroxylation sites is 1. The van der Waals surface area contributed by atoms with E-state index in [2.05, 4.69) is 5.32 Å². The quantitative estimate of drug-likeness (QED) is 0.845. The summed E-state index contributed by atoms with van der Waals surface area (Å²) in [5.74, 6) is 2.21. The molecule has 3 nitrogen and oxygen atoms in total. The molecule has 1 aromatic carbocycles. The molecule has 0 aromatic heterocycles. The van der Waals surface area contributed by atoms with Crippen molar-refractivity contribution in [3.63, 3.8) is 0 Å². The standard InChI is InChI=1S/C12H15NO2S/c14-12(15)10-3-1-2-4-11(10)13-7-9-5-6-16-8-9/h1-4,9,13H,5-8H2,(H,14,15). The summed E-state index contributed by atoms with van der Waals surface area (Å²) in [4.78, 5) is 11.0. The second-order valence-electron chi connectivity index (χ2n) is 3.96. The van der Waals surface area contributed by atoms with Crippen molar-refractivity contribution < 1.29 is 9.90 Å². The third-order valence-electron chi connectivity index (χ3n) is 2.76. The fourth-order valence-electron chi connectivity index (χ4n) is 1.82. The van der Waals surface area contributed by atoms with Crippen molar-refractivity contribution in [3.8, 4) is 0 Å². The van der Waals surface area contributed by atoms with Crippen molar-refractivity contribution in [2.24, 2.45) is 5.92 Å². The van der Waals surface area contributed by atoms with E-state index in [1.54, 1.807) is 12.1 Å². The van der Waals surface area contributed by atoms with Gasteiger partial charge in [-0.1, -0.05) is 12.1 Å². The molecule has 1 heterocycles. The maximum Gasteiger partial charge on any atom is 0.337 e. The zero-order chi connectivity index (χ0) is 11.4. The first-order chi connectivity index (χ1) is 7.77. The minimum Gasteiger partial charge on any atom is -0.478 e. The molecule has 1 fully saturated rings. The number of nitrogens with one attached hydrogen (secondary N) is 1. The van der Waals surface area contributed by atoms with Gasteiger partial charge in [0.15, 0.2) is 0 Å². The lowest BCUT2D eigenvalue weighted by atomic mass is 10.1. The second kappa shape index (κ2) is 5.25. The number of hydrogen-bond acceptors (Lipinski definition) is 3. The third-order valence-corrected chi connectivity index (χ3v) is 3.99. The Bertz CT molecular complexity index is 375. The van der Waals surface area contributed by atoms with Crippen LogP contribution in [-0.2, 0) is 0 Å². The van der Waals surface area contributed by atoms with Gasteiger partial charge >= 0.3 is 5.97 Å². The normalized spacial score (nSPS) is 19.6. The lowest BCUT2D eigenvalue weighted by Gasteiger charge is -2.12. The number of anilines is 1. The molecule has 2 N–H and O–H groups in total. The van der Waals surface area contributed by atoms with Crippen molar-refractivity contribution in [1.82, 2.24) is 0 Å². The number of rotatable bonds is 4. The van der Waals surface area contributed by atoms with E-state index in [1.165, 1.54) is 17.9 Å². The number of hydrogen-bond donors (Lipinski definition) is 2. The van der Waals surface area contributed by atoms with Crippen molar-refractivity contribution >= 4 is 23.4 Å². The van der Waals surface area contributed by atoms with Crippen LogP contribution in [-0.4, -0.2) is 29.1 Å². The number of carboxylic acids is 1. The van der Waals surface area contributed by atoms with Gasteiger partial charge in [-0.15, -0.1) is 0 Å². The molecule has 4 heteroatoms. The van der Waals surface area contributed by atoms with Crippen LogP contribution in [0.4, 0.5) is 5.69 Å². The van der Waals surface area contributed by atoms with E-state index in [0.29, 0.717) is 11.5 Å². The van der Waals surface area contributed by atoms with Crippen LogP contribution in [0.2, 0.25) is 0 Å². The molecule has 1 aromatic rings. The van der Waals surface area contributed by atoms with Crippen LogP contribution >= 0.6 is 11.8 Å². The summed E-state index contributed by atoms with van der Waals surface area (Å²) in [5, 5.41) is 12.3. The molecule has 0 amide bonds. The zero-order valence-electron chi connectivity index (χ0n) is 8.98. The molecule has 0 spiro atoms. The number of aromatic carboxylic acids is 1. The Morgan fingerprint density at radius 1 is 1.50 bits per heavy atom. The average molecular weight is 237 g/mol. The lowest BCUT2D eigenvalue weighted by molar-refractivity contribution is 0.0698. The van der Waals surface area contributed by atoms with E-state index >= 15 is 0 Å². The van der Waals surface area contributed by atoms with Crippen LogP contribution in [0, 0.1) is 5.92 Å². The first-order valence-corrected chi connectivity index (χ1v) is 6.57. The first kappa shape index (κ1) is 11.3. The highest BCUT2D eigenvalue weighted by Crippen LogP contribution is 2.24. The largest absolute Gasteiger partial charge is 0.478 e. The molecule has 16 heavy (non-hydrogen) atoms. The number of carbonyl (C=O) groups is 1. The SMILES string of the molecule is O=C(O)c1ccccc1NCC1CCSC1. The highest BCUT2D eigenvalue weighted by molar-refractivity contribution is 7.99. The highest BCUT2D eigenvalue weighted by atomic mass is 32.2. The van der Waals surface area contributed by atoms with Gasteiger partial charge in [0.2, 0.25) is 0 Å². The monoisotopic (exact) mass is 237 g/mol. The molecule has 0 saturated carbocycles. The van der Waals surface area contributed by atoms with Crippen molar-refractivity contribution in [2.75, 3.05) is 23.4 Å². The van der Waals surface area contributed by atoms with Gasteiger partial charge in [0.1, 0.15) is 0 Å². The van der Waals surface area contributed by atoms with E-state index in [0.717, 1.165) is 12.2 Å². The molecule has 1 atom stereocenters. The van der Waals surface area contributed by atoms with Gasteiger partial charge in [-0.3, -0.25) is 0 Å². The van der Waals surface area contributed by atoms with Crippen LogP contribution < -0.4 is 5.32 Å². The van der Waals surface area contributed by atoms with Gasteiger partial charge in [0, 0.05) is 12.2 Å². The fourth-order valence-corrected chi connectivity index (χ4v) is 3.11. The third kappa shape index (κ3) is 2.70. The van der Waals surface area contributed by atoms with Crippen LogP contribution in [0.25, 0.3) is 0 Å². The predicted octanol–water partition coefficient (Wildman–Crippen LogP) is 2.55. The maximum absolute atomic E-state index is 11.0. The van der Waals surface area contributed by atoms with Gasteiger partial charge < -0.3 is 10.4 Å². The molecule has 2 rings (SSSR count). The smallest absolute Gasteiger partial charge is 0.337 e. The van der Waals surface area contributed by atoms with Crippen LogP contribution in [0.15, 0.2) is 24.3 Å². The Hall–Kier alpha value is -1.16. The van der Waals surface area contributed by atoms with Gasteiger partial charge in [-0.2, -0.15) is 11.8 Å². The van der Waals surface area contributed by atoms with Crippen molar-refractivity contribution in [3.05, 3.63) is 29.8 Å². The minimum atomic E-state index is -0.871. The van der Waals surface area contributed by atoms with E-state index in [9.17, 15) is 4.79 Å². The van der Waals surface area contributed by atoms with Crippen LogP contribution in [0.5, 0.6) is 0 Å². The predicted molar refractivity (Wildman–Crippen MR) is 67.3 cm³/mol. The molecule has 1 aliphatic heterocycles. The summed E-state index contributed by atoms with van der Waals surface area (Å²) in [5.41, 5.74) is 1.08. The van der Waals surface area contributed by atoms with Gasteiger partial charge in [-0.25, -0.2) is 4.79 Å².